The summed E-state index contributed by atoms with van der Waals surface area (Å²) in [6.45, 7) is 1.46. The second kappa shape index (κ2) is 6.65. The van der Waals surface area contributed by atoms with E-state index in [1.807, 2.05) is 19.1 Å². The van der Waals surface area contributed by atoms with Crippen molar-refractivity contribution in [2.75, 3.05) is 11.9 Å². The first-order chi connectivity index (χ1) is 10.1. The Hall–Kier alpha value is -2.69. The number of hydrogen-bond donors (Lipinski definition) is 1. The molecule has 0 fully saturated rings. The summed E-state index contributed by atoms with van der Waals surface area (Å²) in [5, 5.41) is 2.65. The molecule has 1 amide bonds. The van der Waals surface area contributed by atoms with E-state index in [-0.39, 0.29) is 5.56 Å². The molecule has 0 heterocycles. The molecule has 2 aromatic carbocycles. The van der Waals surface area contributed by atoms with E-state index in [1.165, 1.54) is 12.1 Å². The smallest absolute Gasteiger partial charge is 0.338 e. The van der Waals surface area contributed by atoms with Crippen LogP contribution in [0.25, 0.3) is 0 Å². The molecule has 0 atom stereocenters. The Kier molecular flexibility index (Phi) is 4.66. The molecule has 0 aliphatic carbocycles. The third-order valence-electron chi connectivity index (χ3n) is 2.83. The largest absolute Gasteiger partial charge is 0.452 e. The molecular formula is C16H14FNO3. The number of para-hydroxylation sites is 1. The topological polar surface area (TPSA) is 55.4 Å². The molecule has 4 nitrogen and oxygen atoms in total. The van der Waals surface area contributed by atoms with Crippen molar-refractivity contribution in [1.29, 1.82) is 0 Å². The first-order valence-electron chi connectivity index (χ1n) is 6.34. The van der Waals surface area contributed by atoms with Crippen molar-refractivity contribution in [2.24, 2.45) is 0 Å². The zero-order valence-electron chi connectivity index (χ0n) is 11.4. The maximum atomic E-state index is 12.7. The lowest BCUT2D eigenvalue weighted by molar-refractivity contribution is -0.119. The van der Waals surface area contributed by atoms with Crippen LogP contribution >= 0.6 is 0 Å². The maximum absolute atomic E-state index is 12.7. The number of nitrogens with one attached hydrogen (secondary N) is 1. The molecule has 0 bridgehead atoms. The van der Waals surface area contributed by atoms with Crippen LogP contribution in [0.15, 0.2) is 48.5 Å². The number of aryl methyl sites for hydroxylation is 1. The standard InChI is InChI=1S/C16H14FNO3/c1-11-4-2-3-5-14(11)18-15(19)10-21-16(20)12-6-8-13(17)9-7-12/h2-9H,10H2,1H3,(H,18,19). The van der Waals surface area contributed by atoms with Gasteiger partial charge in [0, 0.05) is 5.69 Å². The molecule has 0 spiro atoms. The van der Waals surface area contributed by atoms with Gasteiger partial charge in [-0.3, -0.25) is 4.79 Å². The van der Waals surface area contributed by atoms with Crippen LogP contribution in [0, 0.1) is 12.7 Å². The lowest BCUT2D eigenvalue weighted by Gasteiger charge is -2.08. The molecule has 2 aromatic rings. The van der Waals surface area contributed by atoms with Gasteiger partial charge in [0.05, 0.1) is 5.56 Å². The van der Waals surface area contributed by atoms with Gasteiger partial charge in [0.2, 0.25) is 0 Å². The highest BCUT2D eigenvalue weighted by atomic mass is 19.1. The number of rotatable bonds is 4. The van der Waals surface area contributed by atoms with Crippen molar-refractivity contribution in [3.63, 3.8) is 0 Å². The predicted molar refractivity (Wildman–Crippen MR) is 76.5 cm³/mol. The molecule has 2 rings (SSSR count). The van der Waals surface area contributed by atoms with Gasteiger partial charge in [0.25, 0.3) is 5.91 Å². The van der Waals surface area contributed by atoms with E-state index < -0.39 is 24.3 Å². The van der Waals surface area contributed by atoms with Crippen LogP contribution in [0.4, 0.5) is 10.1 Å². The number of anilines is 1. The van der Waals surface area contributed by atoms with Crippen molar-refractivity contribution in [1.82, 2.24) is 0 Å². The van der Waals surface area contributed by atoms with Crippen LogP contribution in [-0.4, -0.2) is 18.5 Å². The Labute approximate surface area is 121 Å². The number of halogens is 1. The van der Waals surface area contributed by atoms with Gasteiger partial charge in [-0.2, -0.15) is 0 Å². The monoisotopic (exact) mass is 287 g/mol. The third-order valence-corrected chi connectivity index (χ3v) is 2.83. The van der Waals surface area contributed by atoms with Crippen molar-refractivity contribution >= 4 is 17.6 Å². The van der Waals surface area contributed by atoms with Crippen LogP contribution in [-0.2, 0) is 9.53 Å². The summed E-state index contributed by atoms with van der Waals surface area (Å²) in [5.74, 6) is -1.54. The summed E-state index contributed by atoms with van der Waals surface area (Å²) in [4.78, 5) is 23.4. The van der Waals surface area contributed by atoms with E-state index in [9.17, 15) is 14.0 Å². The number of carbonyl (C=O) groups is 2. The molecule has 0 aliphatic rings. The maximum Gasteiger partial charge on any atom is 0.338 e. The van der Waals surface area contributed by atoms with E-state index in [2.05, 4.69) is 5.32 Å². The zero-order valence-corrected chi connectivity index (χ0v) is 11.4. The molecule has 21 heavy (non-hydrogen) atoms. The number of esters is 1. The van der Waals surface area contributed by atoms with E-state index >= 15 is 0 Å². The normalized spacial score (nSPS) is 10.0. The molecule has 1 N–H and O–H groups in total. The highest BCUT2D eigenvalue weighted by Gasteiger charge is 2.11. The summed E-state index contributed by atoms with van der Waals surface area (Å²) < 4.78 is 17.6. The minimum Gasteiger partial charge on any atom is -0.452 e. The number of amides is 1. The Morgan fingerprint density at radius 3 is 2.43 bits per heavy atom. The van der Waals surface area contributed by atoms with E-state index in [0.717, 1.165) is 17.7 Å². The Bertz CT molecular complexity index is 653. The SMILES string of the molecule is Cc1ccccc1NC(=O)COC(=O)c1ccc(F)cc1. The minimum atomic E-state index is -0.671. The zero-order chi connectivity index (χ0) is 15.2. The van der Waals surface area contributed by atoms with E-state index in [0.29, 0.717) is 5.69 Å². The fraction of sp³-hybridized carbons (Fsp3) is 0.125. The van der Waals surface area contributed by atoms with Crippen molar-refractivity contribution < 1.29 is 18.7 Å². The van der Waals surface area contributed by atoms with Crippen molar-refractivity contribution in [3.8, 4) is 0 Å². The van der Waals surface area contributed by atoms with Gasteiger partial charge >= 0.3 is 5.97 Å². The Morgan fingerprint density at radius 2 is 1.76 bits per heavy atom. The van der Waals surface area contributed by atoms with E-state index in [4.69, 9.17) is 4.74 Å². The van der Waals surface area contributed by atoms with Gasteiger partial charge in [0.1, 0.15) is 5.82 Å². The molecule has 5 heteroatoms. The van der Waals surface area contributed by atoms with Gasteiger partial charge in [-0.05, 0) is 42.8 Å². The first-order valence-corrected chi connectivity index (χ1v) is 6.34. The molecule has 0 radical (unpaired) electrons. The minimum absolute atomic E-state index is 0.195. The average molecular weight is 287 g/mol. The molecule has 0 saturated heterocycles. The molecule has 0 saturated carbocycles. The quantitative estimate of drug-likeness (QED) is 0.880. The van der Waals surface area contributed by atoms with Gasteiger partial charge in [-0.15, -0.1) is 0 Å². The van der Waals surface area contributed by atoms with Crippen LogP contribution in [0.3, 0.4) is 0 Å². The Balaban J connectivity index is 1.88. The number of benzene rings is 2. The molecule has 0 aromatic heterocycles. The molecule has 0 aliphatic heterocycles. The Morgan fingerprint density at radius 1 is 1.10 bits per heavy atom. The lowest BCUT2D eigenvalue weighted by Crippen LogP contribution is -2.21. The first kappa shape index (κ1) is 14.7. The van der Waals surface area contributed by atoms with Crippen LogP contribution in [0.1, 0.15) is 15.9 Å². The van der Waals surface area contributed by atoms with E-state index in [1.54, 1.807) is 12.1 Å². The van der Waals surface area contributed by atoms with Gasteiger partial charge in [-0.1, -0.05) is 18.2 Å². The van der Waals surface area contributed by atoms with Crippen LogP contribution in [0.5, 0.6) is 0 Å². The molecule has 0 unspecified atom stereocenters. The van der Waals surface area contributed by atoms with Gasteiger partial charge in [0.15, 0.2) is 6.61 Å². The van der Waals surface area contributed by atoms with Crippen LogP contribution in [0.2, 0.25) is 0 Å². The van der Waals surface area contributed by atoms with Crippen LogP contribution < -0.4 is 5.32 Å². The number of ether oxygens (including phenoxy) is 1. The van der Waals surface area contributed by atoms with Crippen molar-refractivity contribution in [2.45, 2.75) is 6.92 Å². The number of carbonyl (C=O) groups excluding carboxylic acids is 2. The highest BCUT2D eigenvalue weighted by molar-refractivity contribution is 5.95. The average Bonchev–Trinajstić information content (AvgIpc) is 2.48. The molecular weight excluding hydrogens is 273 g/mol. The second-order valence-electron chi connectivity index (χ2n) is 4.45. The van der Waals surface area contributed by atoms with Gasteiger partial charge in [-0.25, -0.2) is 9.18 Å². The lowest BCUT2D eigenvalue weighted by atomic mass is 10.2. The number of hydrogen-bond acceptors (Lipinski definition) is 3. The van der Waals surface area contributed by atoms with Gasteiger partial charge < -0.3 is 10.1 Å². The van der Waals surface area contributed by atoms with Crippen molar-refractivity contribution in [3.05, 3.63) is 65.5 Å². The highest BCUT2D eigenvalue weighted by Crippen LogP contribution is 2.13. The fourth-order valence-corrected chi connectivity index (χ4v) is 1.70. The summed E-state index contributed by atoms with van der Waals surface area (Å²) >= 11 is 0. The summed E-state index contributed by atoms with van der Waals surface area (Å²) in [6.07, 6.45) is 0. The summed E-state index contributed by atoms with van der Waals surface area (Å²) in [7, 11) is 0. The third kappa shape index (κ3) is 4.14. The summed E-state index contributed by atoms with van der Waals surface area (Å²) in [5.41, 5.74) is 1.77. The second-order valence-corrected chi connectivity index (χ2v) is 4.45. The predicted octanol–water partition coefficient (Wildman–Crippen LogP) is 2.93. The molecule has 108 valence electrons. The summed E-state index contributed by atoms with van der Waals surface area (Å²) in [6, 6.07) is 12.2. The fourth-order valence-electron chi connectivity index (χ4n) is 1.70.